The molecule has 20 heavy (non-hydrogen) atoms. The van der Waals surface area contributed by atoms with Gasteiger partial charge >= 0.3 is 0 Å². The average Bonchev–Trinajstić information content (AvgIpc) is 2.40. The van der Waals surface area contributed by atoms with Gasteiger partial charge in [-0.3, -0.25) is 0 Å². The summed E-state index contributed by atoms with van der Waals surface area (Å²) in [6.45, 7) is 6.94. The Hall–Kier alpha value is -1.32. The van der Waals surface area contributed by atoms with E-state index in [0.29, 0.717) is 12.5 Å². The summed E-state index contributed by atoms with van der Waals surface area (Å²) in [6, 6.07) is 12.3. The first kappa shape index (κ1) is 15.1. The van der Waals surface area contributed by atoms with E-state index in [1.54, 1.807) is 0 Å². The lowest BCUT2D eigenvalue weighted by Crippen LogP contribution is -1.98. The largest absolute Gasteiger partial charge is 0.456 e. The van der Waals surface area contributed by atoms with Gasteiger partial charge in [0.05, 0.1) is 4.47 Å². The maximum absolute atomic E-state index is 6.09. The van der Waals surface area contributed by atoms with Crippen LogP contribution in [-0.2, 0) is 6.54 Å². The van der Waals surface area contributed by atoms with Crippen LogP contribution < -0.4 is 10.5 Å². The first-order valence-corrected chi connectivity index (χ1v) is 7.57. The number of halogens is 1. The van der Waals surface area contributed by atoms with Crippen molar-refractivity contribution in [3.05, 3.63) is 57.6 Å². The molecule has 3 heteroatoms. The SMILES string of the molecule is Cc1ccc(C(C)C)c(Oc2ccc(CN)cc2Br)c1. The van der Waals surface area contributed by atoms with Crippen molar-refractivity contribution in [3.63, 3.8) is 0 Å². The minimum Gasteiger partial charge on any atom is -0.456 e. The van der Waals surface area contributed by atoms with Gasteiger partial charge in [-0.2, -0.15) is 0 Å². The molecule has 0 aliphatic heterocycles. The smallest absolute Gasteiger partial charge is 0.141 e. The second-order valence-corrected chi connectivity index (χ2v) is 6.12. The molecule has 0 aliphatic carbocycles. The number of hydrogen-bond acceptors (Lipinski definition) is 2. The Balaban J connectivity index is 2.36. The lowest BCUT2D eigenvalue weighted by atomic mass is 10.0. The number of hydrogen-bond donors (Lipinski definition) is 1. The van der Waals surface area contributed by atoms with E-state index in [4.69, 9.17) is 10.5 Å². The Morgan fingerprint density at radius 3 is 2.45 bits per heavy atom. The van der Waals surface area contributed by atoms with Gasteiger partial charge in [0, 0.05) is 6.54 Å². The lowest BCUT2D eigenvalue weighted by molar-refractivity contribution is 0.469. The van der Waals surface area contributed by atoms with E-state index in [0.717, 1.165) is 21.5 Å². The van der Waals surface area contributed by atoms with Crippen LogP contribution in [0.1, 0.15) is 36.5 Å². The van der Waals surface area contributed by atoms with Crippen LogP contribution in [0.25, 0.3) is 0 Å². The molecule has 0 aliphatic rings. The van der Waals surface area contributed by atoms with E-state index < -0.39 is 0 Å². The fraction of sp³-hybridized carbons (Fsp3) is 0.294. The highest BCUT2D eigenvalue weighted by Crippen LogP contribution is 2.35. The monoisotopic (exact) mass is 333 g/mol. The summed E-state index contributed by atoms with van der Waals surface area (Å²) in [7, 11) is 0. The Labute approximate surface area is 129 Å². The highest BCUT2D eigenvalue weighted by molar-refractivity contribution is 9.10. The van der Waals surface area contributed by atoms with Crippen molar-refractivity contribution in [1.29, 1.82) is 0 Å². The molecule has 2 N–H and O–H groups in total. The van der Waals surface area contributed by atoms with Crippen LogP contribution in [0.3, 0.4) is 0 Å². The molecule has 0 radical (unpaired) electrons. The summed E-state index contributed by atoms with van der Waals surface area (Å²) in [5.41, 5.74) is 9.13. The quantitative estimate of drug-likeness (QED) is 0.841. The van der Waals surface area contributed by atoms with Crippen molar-refractivity contribution in [2.75, 3.05) is 0 Å². The lowest BCUT2D eigenvalue weighted by Gasteiger charge is -2.16. The molecular weight excluding hydrogens is 314 g/mol. The molecule has 2 rings (SSSR count). The van der Waals surface area contributed by atoms with Gasteiger partial charge in [-0.15, -0.1) is 0 Å². The summed E-state index contributed by atoms with van der Waals surface area (Å²) < 4.78 is 7.02. The molecule has 0 saturated carbocycles. The third kappa shape index (κ3) is 3.41. The maximum Gasteiger partial charge on any atom is 0.141 e. The number of ether oxygens (including phenoxy) is 1. The van der Waals surface area contributed by atoms with E-state index >= 15 is 0 Å². The van der Waals surface area contributed by atoms with Gasteiger partial charge in [-0.05, 0) is 63.7 Å². The second-order valence-electron chi connectivity index (χ2n) is 5.27. The molecule has 0 amide bonds. The van der Waals surface area contributed by atoms with Crippen LogP contribution in [-0.4, -0.2) is 0 Å². The predicted octanol–water partition coefficient (Wildman–Crippen LogP) is 5.13. The van der Waals surface area contributed by atoms with Crippen molar-refractivity contribution in [1.82, 2.24) is 0 Å². The summed E-state index contributed by atoms with van der Waals surface area (Å²) in [4.78, 5) is 0. The summed E-state index contributed by atoms with van der Waals surface area (Å²) in [6.07, 6.45) is 0. The van der Waals surface area contributed by atoms with Gasteiger partial charge in [-0.1, -0.05) is 32.0 Å². The fourth-order valence-electron chi connectivity index (χ4n) is 2.08. The molecule has 106 valence electrons. The normalized spacial score (nSPS) is 10.9. The molecule has 0 saturated heterocycles. The van der Waals surface area contributed by atoms with Crippen molar-refractivity contribution >= 4 is 15.9 Å². The molecule has 2 aromatic carbocycles. The molecule has 0 aromatic heterocycles. The van der Waals surface area contributed by atoms with Gasteiger partial charge < -0.3 is 10.5 Å². The van der Waals surface area contributed by atoms with Crippen molar-refractivity contribution in [2.45, 2.75) is 33.2 Å². The highest BCUT2D eigenvalue weighted by atomic mass is 79.9. The molecule has 0 atom stereocenters. The molecular formula is C17H20BrNO. The third-order valence-corrected chi connectivity index (χ3v) is 3.86. The Morgan fingerprint density at radius 1 is 1.10 bits per heavy atom. The minimum absolute atomic E-state index is 0.424. The van der Waals surface area contributed by atoms with E-state index in [1.165, 1.54) is 11.1 Å². The number of nitrogens with two attached hydrogens (primary N) is 1. The summed E-state index contributed by atoms with van der Waals surface area (Å²) >= 11 is 3.54. The molecule has 2 nitrogen and oxygen atoms in total. The van der Waals surface area contributed by atoms with E-state index in [2.05, 4.69) is 54.9 Å². The van der Waals surface area contributed by atoms with E-state index in [9.17, 15) is 0 Å². The zero-order valence-corrected chi connectivity index (χ0v) is 13.7. The van der Waals surface area contributed by atoms with Crippen molar-refractivity contribution in [3.8, 4) is 11.5 Å². The topological polar surface area (TPSA) is 35.2 Å². The third-order valence-electron chi connectivity index (χ3n) is 3.24. The molecule has 0 unspecified atom stereocenters. The van der Waals surface area contributed by atoms with Crippen LogP contribution in [0.4, 0.5) is 0 Å². The number of rotatable bonds is 4. The standard InChI is InChI=1S/C17H20BrNO/c1-11(2)14-6-4-12(3)8-17(14)20-16-7-5-13(10-19)9-15(16)18/h4-9,11H,10,19H2,1-3H3. The van der Waals surface area contributed by atoms with Gasteiger partial charge in [0.15, 0.2) is 0 Å². The Bertz CT molecular complexity index is 608. The zero-order valence-electron chi connectivity index (χ0n) is 12.1. The highest BCUT2D eigenvalue weighted by Gasteiger charge is 2.11. The molecule has 2 aromatic rings. The fourth-order valence-corrected chi connectivity index (χ4v) is 2.59. The van der Waals surface area contributed by atoms with Crippen LogP contribution in [0.2, 0.25) is 0 Å². The van der Waals surface area contributed by atoms with Crippen LogP contribution in [0, 0.1) is 6.92 Å². The molecule has 0 fully saturated rings. The number of aryl methyl sites for hydroxylation is 1. The Kier molecular flexibility index (Phi) is 4.84. The first-order valence-electron chi connectivity index (χ1n) is 6.78. The number of benzene rings is 2. The average molecular weight is 334 g/mol. The van der Waals surface area contributed by atoms with Gasteiger partial charge in [0.2, 0.25) is 0 Å². The van der Waals surface area contributed by atoms with Crippen LogP contribution in [0.15, 0.2) is 40.9 Å². The van der Waals surface area contributed by atoms with Gasteiger partial charge in [0.25, 0.3) is 0 Å². The van der Waals surface area contributed by atoms with Gasteiger partial charge in [-0.25, -0.2) is 0 Å². The molecule has 0 heterocycles. The first-order chi connectivity index (χ1) is 9.51. The van der Waals surface area contributed by atoms with Gasteiger partial charge in [0.1, 0.15) is 11.5 Å². The summed E-state index contributed by atoms with van der Waals surface area (Å²) in [5, 5.41) is 0. The Morgan fingerprint density at radius 2 is 1.85 bits per heavy atom. The van der Waals surface area contributed by atoms with E-state index in [-0.39, 0.29) is 0 Å². The van der Waals surface area contributed by atoms with Crippen LogP contribution in [0.5, 0.6) is 11.5 Å². The zero-order chi connectivity index (χ0) is 14.7. The van der Waals surface area contributed by atoms with Crippen LogP contribution >= 0.6 is 15.9 Å². The van der Waals surface area contributed by atoms with E-state index in [1.807, 2.05) is 18.2 Å². The predicted molar refractivity (Wildman–Crippen MR) is 87.4 cm³/mol. The second kappa shape index (κ2) is 6.42. The van der Waals surface area contributed by atoms with Crippen molar-refractivity contribution in [2.24, 2.45) is 5.73 Å². The summed E-state index contributed by atoms with van der Waals surface area (Å²) in [5.74, 6) is 2.16. The molecule has 0 bridgehead atoms. The van der Waals surface area contributed by atoms with Crippen molar-refractivity contribution < 1.29 is 4.74 Å². The minimum atomic E-state index is 0.424. The maximum atomic E-state index is 6.09. The molecule has 0 spiro atoms.